The molecule has 0 amide bonds. The number of thiazole rings is 1. The molecule has 0 aliphatic heterocycles. The number of aromatic nitrogens is 2. The molecule has 3 N–H and O–H groups in total. The van der Waals surface area contributed by atoms with Crippen LogP contribution in [0.2, 0.25) is 0 Å². The summed E-state index contributed by atoms with van der Waals surface area (Å²) < 4.78 is 5.30. The average molecular weight is 264 g/mol. The van der Waals surface area contributed by atoms with Gasteiger partial charge in [0.15, 0.2) is 0 Å². The van der Waals surface area contributed by atoms with Gasteiger partial charge in [-0.25, -0.2) is 4.98 Å². The molecule has 2 aromatic rings. The highest BCUT2D eigenvalue weighted by atomic mass is 32.1. The quantitative estimate of drug-likeness (QED) is 0.634. The highest BCUT2D eigenvalue weighted by molar-refractivity contribution is 7.09. The van der Waals surface area contributed by atoms with E-state index >= 15 is 0 Å². The number of pyridine rings is 1. The maximum absolute atomic E-state index is 5.63. The van der Waals surface area contributed by atoms with Gasteiger partial charge in [0.2, 0.25) is 0 Å². The van der Waals surface area contributed by atoms with Crippen LogP contribution in [-0.4, -0.2) is 17.1 Å². The molecule has 18 heavy (non-hydrogen) atoms. The van der Waals surface area contributed by atoms with Crippen molar-refractivity contribution in [3.63, 3.8) is 0 Å². The highest BCUT2D eigenvalue weighted by Crippen LogP contribution is 2.26. The third kappa shape index (κ3) is 2.84. The van der Waals surface area contributed by atoms with Crippen LogP contribution in [0.1, 0.15) is 22.3 Å². The van der Waals surface area contributed by atoms with E-state index in [1.54, 1.807) is 30.8 Å². The second kappa shape index (κ2) is 5.90. The number of ether oxygens (including phenoxy) is 1. The summed E-state index contributed by atoms with van der Waals surface area (Å²) in [5.41, 5.74) is 4.82. The first kappa shape index (κ1) is 12.9. The first-order valence-corrected chi connectivity index (χ1v) is 6.47. The molecule has 5 nitrogen and oxygen atoms in total. The molecule has 1 unspecified atom stereocenters. The maximum Gasteiger partial charge on any atom is 0.141 e. The van der Waals surface area contributed by atoms with E-state index in [0.29, 0.717) is 0 Å². The van der Waals surface area contributed by atoms with Crippen molar-refractivity contribution < 1.29 is 4.74 Å². The number of rotatable bonds is 5. The van der Waals surface area contributed by atoms with Crippen LogP contribution in [0.5, 0.6) is 5.75 Å². The summed E-state index contributed by atoms with van der Waals surface area (Å²) in [5, 5.41) is 3.11. The lowest BCUT2D eigenvalue weighted by molar-refractivity contribution is 0.396. The van der Waals surface area contributed by atoms with Gasteiger partial charge in [0.25, 0.3) is 0 Å². The molecule has 0 bridgehead atoms. The van der Waals surface area contributed by atoms with Gasteiger partial charge >= 0.3 is 0 Å². The SMILES string of the molecule is COc1cnccc1C(Cc1csc(C)n1)NN. The van der Waals surface area contributed by atoms with Crippen molar-refractivity contribution >= 4 is 11.3 Å². The van der Waals surface area contributed by atoms with Gasteiger partial charge in [-0.15, -0.1) is 11.3 Å². The van der Waals surface area contributed by atoms with Crippen molar-refractivity contribution in [3.05, 3.63) is 40.1 Å². The van der Waals surface area contributed by atoms with Crippen LogP contribution >= 0.6 is 11.3 Å². The number of aryl methyl sites for hydroxylation is 1. The summed E-state index contributed by atoms with van der Waals surface area (Å²) in [5.74, 6) is 6.36. The zero-order valence-corrected chi connectivity index (χ0v) is 11.2. The Morgan fingerprint density at radius 1 is 1.56 bits per heavy atom. The topological polar surface area (TPSA) is 73.1 Å². The van der Waals surface area contributed by atoms with Gasteiger partial charge in [0.1, 0.15) is 5.75 Å². The van der Waals surface area contributed by atoms with Crippen LogP contribution in [0.25, 0.3) is 0 Å². The zero-order chi connectivity index (χ0) is 13.0. The fourth-order valence-corrected chi connectivity index (χ4v) is 2.44. The third-order valence-corrected chi connectivity index (χ3v) is 3.52. The molecule has 0 spiro atoms. The van der Waals surface area contributed by atoms with Gasteiger partial charge in [-0.3, -0.25) is 16.3 Å². The van der Waals surface area contributed by atoms with Crippen molar-refractivity contribution in [2.24, 2.45) is 5.84 Å². The summed E-state index contributed by atoms with van der Waals surface area (Å²) >= 11 is 1.64. The minimum absolute atomic E-state index is 0.0375. The summed E-state index contributed by atoms with van der Waals surface area (Å²) in [6.07, 6.45) is 4.14. The molecule has 0 aromatic carbocycles. The molecule has 0 aliphatic rings. The van der Waals surface area contributed by atoms with Gasteiger partial charge in [0, 0.05) is 23.6 Å². The standard InChI is InChI=1S/C12H16N4OS/c1-8-15-9(7-18-8)5-11(16-13)10-3-4-14-6-12(10)17-2/h3-4,6-7,11,16H,5,13H2,1-2H3. The average Bonchev–Trinajstić information content (AvgIpc) is 2.81. The Morgan fingerprint density at radius 3 is 3.00 bits per heavy atom. The molecule has 2 aromatic heterocycles. The summed E-state index contributed by atoms with van der Waals surface area (Å²) in [6, 6.07) is 1.87. The molecule has 6 heteroatoms. The highest BCUT2D eigenvalue weighted by Gasteiger charge is 2.16. The van der Waals surface area contributed by atoms with Crippen molar-refractivity contribution in [2.45, 2.75) is 19.4 Å². The van der Waals surface area contributed by atoms with Crippen molar-refractivity contribution in [3.8, 4) is 5.75 Å². The molecular weight excluding hydrogens is 248 g/mol. The second-order valence-corrected chi connectivity index (χ2v) is 4.96. The molecule has 1 atom stereocenters. The van der Waals surface area contributed by atoms with Gasteiger partial charge in [0.05, 0.1) is 30.1 Å². The molecule has 0 saturated heterocycles. The van der Waals surface area contributed by atoms with E-state index in [0.717, 1.165) is 28.4 Å². The van der Waals surface area contributed by atoms with E-state index < -0.39 is 0 Å². The number of methoxy groups -OCH3 is 1. The van der Waals surface area contributed by atoms with Crippen LogP contribution in [0.4, 0.5) is 0 Å². The Hall–Kier alpha value is -1.50. The van der Waals surface area contributed by atoms with Crippen molar-refractivity contribution in [1.29, 1.82) is 0 Å². The number of nitrogens with zero attached hydrogens (tertiary/aromatic N) is 2. The van der Waals surface area contributed by atoms with E-state index in [4.69, 9.17) is 10.6 Å². The van der Waals surface area contributed by atoms with E-state index in [1.807, 2.05) is 18.4 Å². The van der Waals surface area contributed by atoms with Gasteiger partial charge < -0.3 is 4.74 Å². The number of hydrazine groups is 1. The van der Waals surface area contributed by atoms with Gasteiger partial charge in [-0.05, 0) is 13.0 Å². The lowest BCUT2D eigenvalue weighted by Crippen LogP contribution is -2.30. The minimum atomic E-state index is -0.0375. The van der Waals surface area contributed by atoms with Gasteiger partial charge in [-0.1, -0.05) is 0 Å². The maximum atomic E-state index is 5.63. The fraction of sp³-hybridized carbons (Fsp3) is 0.333. The minimum Gasteiger partial charge on any atom is -0.495 e. The molecule has 0 radical (unpaired) electrons. The normalized spacial score (nSPS) is 12.4. The fourth-order valence-electron chi connectivity index (χ4n) is 1.82. The van der Waals surface area contributed by atoms with Crippen LogP contribution in [0.15, 0.2) is 23.8 Å². The Labute approximate surface area is 110 Å². The van der Waals surface area contributed by atoms with Crippen LogP contribution in [0.3, 0.4) is 0 Å². The summed E-state index contributed by atoms with van der Waals surface area (Å²) in [7, 11) is 1.63. The number of nitrogens with one attached hydrogen (secondary N) is 1. The predicted octanol–water partition coefficient (Wildman–Crippen LogP) is 1.60. The number of hydrogen-bond donors (Lipinski definition) is 2. The Morgan fingerprint density at radius 2 is 2.39 bits per heavy atom. The van der Waals surface area contributed by atoms with Gasteiger partial charge in [-0.2, -0.15) is 0 Å². The lowest BCUT2D eigenvalue weighted by atomic mass is 10.0. The van der Waals surface area contributed by atoms with E-state index in [2.05, 4.69) is 15.4 Å². The molecular formula is C12H16N4OS. The third-order valence-electron chi connectivity index (χ3n) is 2.69. The molecule has 0 fully saturated rings. The largest absolute Gasteiger partial charge is 0.495 e. The Bertz CT molecular complexity index is 514. The molecule has 0 saturated carbocycles. The first-order chi connectivity index (χ1) is 8.74. The van der Waals surface area contributed by atoms with Crippen molar-refractivity contribution in [2.75, 3.05) is 7.11 Å². The van der Waals surface area contributed by atoms with E-state index in [1.165, 1.54) is 0 Å². The van der Waals surface area contributed by atoms with Crippen molar-refractivity contribution in [1.82, 2.24) is 15.4 Å². The predicted molar refractivity (Wildman–Crippen MR) is 71.4 cm³/mol. The lowest BCUT2D eigenvalue weighted by Gasteiger charge is -2.17. The Kier molecular flexibility index (Phi) is 4.24. The smallest absolute Gasteiger partial charge is 0.141 e. The van der Waals surface area contributed by atoms with Crippen LogP contribution < -0.4 is 16.0 Å². The number of hydrogen-bond acceptors (Lipinski definition) is 6. The molecule has 2 rings (SSSR count). The van der Waals surface area contributed by atoms with Crippen LogP contribution in [-0.2, 0) is 6.42 Å². The zero-order valence-electron chi connectivity index (χ0n) is 10.4. The molecule has 0 aliphatic carbocycles. The molecule has 96 valence electrons. The van der Waals surface area contributed by atoms with E-state index in [9.17, 15) is 0 Å². The summed E-state index contributed by atoms with van der Waals surface area (Å²) in [4.78, 5) is 8.48. The first-order valence-electron chi connectivity index (χ1n) is 5.59. The van der Waals surface area contributed by atoms with E-state index in [-0.39, 0.29) is 6.04 Å². The summed E-state index contributed by atoms with van der Waals surface area (Å²) in [6.45, 7) is 1.99. The van der Waals surface area contributed by atoms with Crippen LogP contribution in [0, 0.1) is 6.92 Å². The number of nitrogens with two attached hydrogens (primary N) is 1. The second-order valence-electron chi connectivity index (χ2n) is 3.90. The molecule has 2 heterocycles. The Balaban J connectivity index is 2.22. The monoisotopic (exact) mass is 264 g/mol.